The van der Waals surface area contributed by atoms with Crippen molar-refractivity contribution in [2.24, 2.45) is 5.92 Å². The number of hydrogen-bond donors (Lipinski definition) is 1. The number of hydrogen-bond acceptors (Lipinski definition) is 2. The Bertz CT molecular complexity index is 394. The molecule has 1 aliphatic heterocycles. The van der Waals surface area contributed by atoms with E-state index < -0.39 is 6.36 Å². The van der Waals surface area contributed by atoms with Gasteiger partial charge in [-0.3, -0.25) is 0 Å². The van der Waals surface area contributed by atoms with Crippen molar-refractivity contribution in [3.8, 4) is 5.75 Å². The van der Waals surface area contributed by atoms with Gasteiger partial charge in [-0.2, -0.15) is 0 Å². The summed E-state index contributed by atoms with van der Waals surface area (Å²) in [5, 5.41) is 3.42. The first kappa shape index (κ1) is 14.2. The molecule has 1 aliphatic rings. The number of piperidine rings is 1. The fourth-order valence-corrected chi connectivity index (χ4v) is 2.39. The van der Waals surface area contributed by atoms with Crippen LogP contribution in [-0.2, 0) is 6.42 Å². The first-order valence-corrected chi connectivity index (χ1v) is 6.50. The lowest BCUT2D eigenvalue weighted by Gasteiger charge is -2.27. The van der Waals surface area contributed by atoms with Gasteiger partial charge >= 0.3 is 6.36 Å². The molecular weight excluding hydrogens is 255 g/mol. The lowest BCUT2D eigenvalue weighted by Crippen LogP contribution is -2.37. The van der Waals surface area contributed by atoms with Crippen LogP contribution in [0, 0.1) is 5.92 Å². The summed E-state index contributed by atoms with van der Waals surface area (Å²) in [6.45, 7) is 3.14. The molecule has 0 radical (unpaired) electrons. The first-order chi connectivity index (χ1) is 8.92. The van der Waals surface area contributed by atoms with Crippen molar-refractivity contribution in [3.05, 3.63) is 29.8 Å². The summed E-state index contributed by atoms with van der Waals surface area (Å²) in [5.41, 5.74) is 1.05. The van der Waals surface area contributed by atoms with E-state index in [4.69, 9.17) is 0 Å². The zero-order chi connectivity index (χ0) is 13.9. The third-order valence-corrected chi connectivity index (χ3v) is 3.44. The summed E-state index contributed by atoms with van der Waals surface area (Å²) >= 11 is 0. The van der Waals surface area contributed by atoms with Crippen LogP contribution in [0.3, 0.4) is 0 Å². The van der Waals surface area contributed by atoms with Crippen molar-refractivity contribution in [1.29, 1.82) is 0 Å². The topological polar surface area (TPSA) is 21.3 Å². The summed E-state index contributed by atoms with van der Waals surface area (Å²) in [7, 11) is 0. The fourth-order valence-electron chi connectivity index (χ4n) is 2.39. The van der Waals surface area contributed by atoms with Crippen molar-refractivity contribution >= 4 is 0 Å². The summed E-state index contributed by atoms with van der Waals surface area (Å²) in [6, 6.07) is 6.74. The Balaban J connectivity index is 1.88. The van der Waals surface area contributed by atoms with E-state index >= 15 is 0 Å². The highest BCUT2D eigenvalue weighted by molar-refractivity contribution is 5.27. The maximum atomic E-state index is 12.0. The van der Waals surface area contributed by atoms with Crippen molar-refractivity contribution in [2.75, 3.05) is 6.54 Å². The third-order valence-electron chi connectivity index (χ3n) is 3.44. The number of rotatable bonds is 3. The van der Waals surface area contributed by atoms with Crippen LogP contribution >= 0.6 is 0 Å². The smallest absolute Gasteiger partial charge is 0.406 e. The number of halogens is 3. The van der Waals surface area contributed by atoms with E-state index in [2.05, 4.69) is 17.0 Å². The zero-order valence-corrected chi connectivity index (χ0v) is 10.8. The van der Waals surface area contributed by atoms with Crippen LogP contribution in [0.25, 0.3) is 0 Å². The Kier molecular flexibility index (Phi) is 4.34. The van der Waals surface area contributed by atoms with Gasteiger partial charge in [0.15, 0.2) is 0 Å². The second kappa shape index (κ2) is 5.82. The molecule has 2 rings (SSSR count). The highest BCUT2D eigenvalue weighted by atomic mass is 19.4. The molecule has 1 aromatic carbocycles. The molecule has 2 atom stereocenters. The van der Waals surface area contributed by atoms with Gasteiger partial charge in [0.25, 0.3) is 0 Å². The minimum Gasteiger partial charge on any atom is -0.406 e. The number of ether oxygens (including phenoxy) is 1. The maximum Gasteiger partial charge on any atom is 0.573 e. The molecule has 0 aromatic heterocycles. The Morgan fingerprint density at radius 3 is 2.42 bits per heavy atom. The Morgan fingerprint density at radius 2 is 1.89 bits per heavy atom. The molecule has 0 amide bonds. The summed E-state index contributed by atoms with van der Waals surface area (Å²) in [4.78, 5) is 0. The van der Waals surface area contributed by atoms with E-state index in [1.165, 1.54) is 12.1 Å². The quantitative estimate of drug-likeness (QED) is 0.910. The van der Waals surface area contributed by atoms with Gasteiger partial charge in [-0.25, -0.2) is 0 Å². The predicted molar refractivity (Wildman–Crippen MR) is 67.0 cm³/mol. The van der Waals surface area contributed by atoms with Crippen LogP contribution in [0.5, 0.6) is 5.75 Å². The molecule has 2 unspecified atom stereocenters. The van der Waals surface area contributed by atoms with Crippen LogP contribution in [-0.4, -0.2) is 18.9 Å². The third kappa shape index (κ3) is 4.74. The number of alkyl halides is 3. The molecule has 1 saturated heterocycles. The highest BCUT2D eigenvalue weighted by Crippen LogP contribution is 2.24. The van der Waals surface area contributed by atoms with Crippen LogP contribution in [0.1, 0.15) is 25.3 Å². The van der Waals surface area contributed by atoms with Gasteiger partial charge in [-0.05, 0) is 56.3 Å². The lowest BCUT2D eigenvalue weighted by molar-refractivity contribution is -0.274. The number of nitrogens with one attached hydrogen (secondary N) is 1. The normalized spacial score (nSPS) is 24.2. The van der Waals surface area contributed by atoms with Crippen molar-refractivity contribution in [3.63, 3.8) is 0 Å². The zero-order valence-electron chi connectivity index (χ0n) is 10.8. The minimum absolute atomic E-state index is 0.161. The summed E-state index contributed by atoms with van der Waals surface area (Å²) in [6.07, 6.45) is -1.41. The molecule has 1 heterocycles. The Labute approximate surface area is 111 Å². The molecule has 1 aromatic rings. The molecule has 0 aliphatic carbocycles. The molecule has 0 saturated carbocycles. The Morgan fingerprint density at radius 1 is 1.21 bits per heavy atom. The van der Waals surface area contributed by atoms with Gasteiger partial charge in [-0.15, -0.1) is 13.2 Å². The van der Waals surface area contributed by atoms with E-state index in [0.29, 0.717) is 12.0 Å². The van der Waals surface area contributed by atoms with Crippen molar-refractivity contribution < 1.29 is 17.9 Å². The van der Waals surface area contributed by atoms with E-state index in [-0.39, 0.29) is 5.75 Å². The van der Waals surface area contributed by atoms with E-state index in [1.54, 1.807) is 12.1 Å². The Hall–Kier alpha value is -1.23. The average molecular weight is 273 g/mol. The van der Waals surface area contributed by atoms with Gasteiger partial charge < -0.3 is 10.1 Å². The standard InChI is InChI=1S/C14H18F3NO/c1-10-2-3-12(9-18-10)8-11-4-6-13(7-5-11)19-14(15,16)17/h4-7,10,12,18H,2-3,8-9H2,1H3. The second-order valence-corrected chi connectivity index (χ2v) is 5.15. The largest absolute Gasteiger partial charge is 0.573 e. The lowest BCUT2D eigenvalue weighted by atomic mass is 9.90. The summed E-state index contributed by atoms with van der Waals surface area (Å²) in [5.74, 6) is 0.400. The molecule has 1 N–H and O–H groups in total. The van der Waals surface area contributed by atoms with E-state index in [0.717, 1.165) is 31.4 Å². The molecule has 5 heteroatoms. The van der Waals surface area contributed by atoms with Gasteiger partial charge in [0, 0.05) is 6.04 Å². The van der Waals surface area contributed by atoms with Crippen LogP contribution < -0.4 is 10.1 Å². The van der Waals surface area contributed by atoms with Gasteiger partial charge in [0.1, 0.15) is 5.75 Å². The van der Waals surface area contributed by atoms with Gasteiger partial charge in [0.2, 0.25) is 0 Å². The fraction of sp³-hybridized carbons (Fsp3) is 0.571. The van der Waals surface area contributed by atoms with Crippen LogP contribution in [0.15, 0.2) is 24.3 Å². The molecular formula is C14H18F3NO. The van der Waals surface area contributed by atoms with Gasteiger partial charge in [-0.1, -0.05) is 12.1 Å². The predicted octanol–water partition coefficient (Wildman–Crippen LogP) is 3.52. The minimum atomic E-state index is -4.62. The van der Waals surface area contributed by atoms with E-state index in [1.807, 2.05) is 0 Å². The molecule has 0 spiro atoms. The molecule has 2 nitrogen and oxygen atoms in total. The molecule has 19 heavy (non-hydrogen) atoms. The first-order valence-electron chi connectivity index (χ1n) is 6.50. The van der Waals surface area contributed by atoms with Crippen molar-refractivity contribution in [1.82, 2.24) is 5.32 Å². The molecule has 106 valence electrons. The number of benzene rings is 1. The molecule has 1 fully saturated rings. The average Bonchev–Trinajstić information content (AvgIpc) is 2.33. The van der Waals surface area contributed by atoms with Crippen LogP contribution in [0.4, 0.5) is 13.2 Å². The van der Waals surface area contributed by atoms with Gasteiger partial charge in [0.05, 0.1) is 0 Å². The second-order valence-electron chi connectivity index (χ2n) is 5.15. The monoisotopic (exact) mass is 273 g/mol. The SMILES string of the molecule is CC1CCC(Cc2ccc(OC(F)(F)F)cc2)CN1. The van der Waals surface area contributed by atoms with Crippen LogP contribution in [0.2, 0.25) is 0 Å². The summed E-state index contributed by atoms with van der Waals surface area (Å²) < 4.78 is 39.9. The maximum absolute atomic E-state index is 12.0. The highest BCUT2D eigenvalue weighted by Gasteiger charge is 2.31. The van der Waals surface area contributed by atoms with E-state index in [9.17, 15) is 13.2 Å². The van der Waals surface area contributed by atoms with Crippen molar-refractivity contribution in [2.45, 2.75) is 38.6 Å². The molecule has 0 bridgehead atoms.